The van der Waals surface area contributed by atoms with Crippen LogP contribution >= 0.6 is 11.8 Å². The molecule has 0 bridgehead atoms. The molecule has 0 nitrogen and oxygen atoms in total. The number of hydrogen-bond acceptors (Lipinski definition) is 1. The van der Waals surface area contributed by atoms with E-state index >= 15 is 0 Å². The van der Waals surface area contributed by atoms with E-state index < -0.39 is 0 Å². The van der Waals surface area contributed by atoms with Crippen LogP contribution in [0.3, 0.4) is 0 Å². The van der Waals surface area contributed by atoms with Crippen molar-refractivity contribution in [1.82, 2.24) is 0 Å². The van der Waals surface area contributed by atoms with Gasteiger partial charge in [-0.15, -0.1) is 11.8 Å². The fraction of sp³-hybridized carbons (Fsp3) is 0.167. The van der Waals surface area contributed by atoms with E-state index in [-0.39, 0.29) is 0 Å². The number of rotatable bonds is 2. The fourth-order valence-corrected chi connectivity index (χ4v) is 2.37. The average Bonchev–Trinajstić information content (AvgIpc) is 2.61. The van der Waals surface area contributed by atoms with Crippen molar-refractivity contribution in [1.29, 1.82) is 0 Å². The Morgan fingerprint density at radius 3 is 2.46 bits per heavy atom. The largest absolute Gasteiger partial charge is 0.114 e. The Labute approximate surface area is 83.4 Å². The van der Waals surface area contributed by atoms with Crippen LogP contribution in [0.2, 0.25) is 0 Å². The summed E-state index contributed by atoms with van der Waals surface area (Å²) >= 11 is 1.90. The van der Waals surface area contributed by atoms with Gasteiger partial charge >= 0.3 is 0 Å². The Bertz CT molecular complexity index is 338. The molecule has 0 N–H and O–H groups in total. The van der Waals surface area contributed by atoms with E-state index in [0.717, 1.165) is 0 Å². The molecule has 0 unspecified atom stereocenters. The molecule has 0 heterocycles. The molecule has 0 aliphatic heterocycles. The summed E-state index contributed by atoms with van der Waals surface area (Å²) in [7, 11) is 0. The third kappa shape index (κ3) is 2.04. The molecule has 2 rings (SSSR count). The van der Waals surface area contributed by atoms with Crippen LogP contribution in [0.5, 0.6) is 0 Å². The van der Waals surface area contributed by atoms with Crippen LogP contribution in [-0.4, -0.2) is 5.25 Å². The smallest absolute Gasteiger partial charge is 0.0461 e. The summed E-state index contributed by atoms with van der Waals surface area (Å²) in [5.74, 6) is 0. The predicted molar refractivity (Wildman–Crippen MR) is 59.1 cm³/mol. The minimum Gasteiger partial charge on any atom is -0.114 e. The van der Waals surface area contributed by atoms with Gasteiger partial charge < -0.3 is 0 Å². The van der Waals surface area contributed by atoms with Crippen LogP contribution in [0.4, 0.5) is 0 Å². The van der Waals surface area contributed by atoms with Crippen molar-refractivity contribution < 1.29 is 0 Å². The maximum atomic E-state index is 2.22. The molecule has 0 aromatic heterocycles. The van der Waals surface area contributed by atoms with Gasteiger partial charge in [-0.05, 0) is 18.6 Å². The van der Waals surface area contributed by atoms with E-state index in [2.05, 4.69) is 55.5 Å². The van der Waals surface area contributed by atoms with Crippen molar-refractivity contribution in [3.8, 4) is 0 Å². The minimum atomic E-state index is 0.529. The normalized spacial score (nSPS) is 15.5. The van der Waals surface area contributed by atoms with E-state index in [4.69, 9.17) is 0 Å². The Morgan fingerprint density at radius 2 is 1.77 bits per heavy atom. The molecule has 13 heavy (non-hydrogen) atoms. The summed E-state index contributed by atoms with van der Waals surface area (Å²) in [5, 5.41) is 0.529. The van der Waals surface area contributed by atoms with Gasteiger partial charge in [-0.25, -0.2) is 0 Å². The zero-order valence-electron chi connectivity index (χ0n) is 7.60. The van der Waals surface area contributed by atoms with Gasteiger partial charge in [0.15, 0.2) is 0 Å². The van der Waals surface area contributed by atoms with Crippen LogP contribution in [0, 0.1) is 6.92 Å². The molecular weight excluding hydrogens is 176 g/mol. The van der Waals surface area contributed by atoms with Gasteiger partial charge in [-0.1, -0.05) is 42.5 Å². The quantitative estimate of drug-likeness (QED) is 0.683. The molecule has 1 aromatic rings. The third-order valence-electron chi connectivity index (χ3n) is 2.07. The number of hydrogen-bond donors (Lipinski definition) is 0. The van der Waals surface area contributed by atoms with E-state index in [9.17, 15) is 0 Å². The lowest BCUT2D eigenvalue weighted by Gasteiger charge is -2.07. The molecule has 0 saturated heterocycles. The number of thioether (sulfide) groups is 1. The summed E-state index contributed by atoms with van der Waals surface area (Å²) in [6, 6.07) is 8.52. The molecule has 0 saturated carbocycles. The van der Waals surface area contributed by atoms with Crippen LogP contribution in [0.15, 0.2) is 53.5 Å². The molecule has 0 amide bonds. The SMILES string of the molecule is Cc1ccccc1SC1C=CC=C1. The van der Waals surface area contributed by atoms with Gasteiger partial charge in [0.2, 0.25) is 0 Å². The average molecular weight is 188 g/mol. The van der Waals surface area contributed by atoms with Crippen LogP contribution < -0.4 is 0 Å². The molecule has 0 radical (unpaired) electrons. The summed E-state index contributed by atoms with van der Waals surface area (Å²) in [6.07, 6.45) is 8.65. The second kappa shape index (κ2) is 3.84. The highest BCUT2D eigenvalue weighted by Gasteiger charge is 2.06. The summed E-state index contributed by atoms with van der Waals surface area (Å²) in [4.78, 5) is 1.38. The van der Waals surface area contributed by atoms with E-state index in [1.807, 2.05) is 11.8 Å². The van der Waals surface area contributed by atoms with Gasteiger partial charge in [0.25, 0.3) is 0 Å². The highest BCUT2D eigenvalue weighted by molar-refractivity contribution is 8.00. The first-order chi connectivity index (χ1) is 6.36. The Morgan fingerprint density at radius 1 is 1.08 bits per heavy atom. The topological polar surface area (TPSA) is 0 Å². The maximum Gasteiger partial charge on any atom is 0.0461 e. The molecule has 0 atom stereocenters. The standard InChI is InChI=1S/C12H12S/c1-10-6-2-5-9-12(10)13-11-7-3-4-8-11/h2-9,11H,1H3. The highest BCUT2D eigenvalue weighted by atomic mass is 32.2. The van der Waals surface area contributed by atoms with E-state index in [1.165, 1.54) is 10.5 Å². The number of benzene rings is 1. The van der Waals surface area contributed by atoms with Crippen molar-refractivity contribution in [3.05, 3.63) is 54.1 Å². The number of aryl methyl sites for hydroxylation is 1. The zero-order chi connectivity index (χ0) is 9.10. The Kier molecular flexibility index (Phi) is 2.55. The zero-order valence-corrected chi connectivity index (χ0v) is 8.42. The van der Waals surface area contributed by atoms with Gasteiger partial charge in [-0.2, -0.15) is 0 Å². The van der Waals surface area contributed by atoms with Gasteiger partial charge in [0, 0.05) is 10.1 Å². The molecule has 1 heteroatoms. The molecular formula is C12H12S. The maximum absolute atomic E-state index is 2.22. The first-order valence-electron chi connectivity index (χ1n) is 4.43. The second-order valence-electron chi connectivity index (χ2n) is 3.12. The van der Waals surface area contributed by atoms with Crippen molar-refractivity contribution in [2.45, 2.75) is 17.1 Å². The summed E-state index contributed by atoms with van der Waals surface area (Å²) in [6.45, 7) is 2.16. The predicted octanol–water partition coefficient (Wildman–Crippen LogP) is 3.58. The molecule has 1 aromatic carbocycles. The van der Waals surface area contributed by atoms with Gasteiger partial charge in [0.05, 0.1) is 0 Å². The number of allylic oxidation sites excluding steroid dienone is 2. The fourth-order valence-electron chi connectivity index (χ4n) is 1.33. The van der Waals surface area contributed by atoms with Crippen molar-refractivity contribution in [2.75, 3.05) is 0 Å². The molecule has 0 fully saturated rings. The van der Waals surface area contributed by atoms with Crippen LogP contribution in [0.1, 0.15) is 5.56 Å². The first kappa shape index (κ1) is 8.64. The van der Waals surface area contributed by atoms with Crippen molar-refractivity contribution >= 4 is 11.8 Å². The lowest BCUT2D eigenvalue weighted by Crippen LogP contribution is -1.90. The Hall–Kier alpha value is -0.950. The first-order valence-corrected chi connectivity index (χ1v) is 5.31. The molecule has 1 aliphatic rings. The second-order valence-corrected chi connectivity index (χ2v) is 4.34. The van der Waals surface area contributed by atoms with Gasteiger partial charge in [-0.3, -0.25) is 0 Å². The monoisotopic (exact) mass is 188 g/mol. The van der Waals surface area contributed by atoms with Crippen molar-refractivity contribution in [3.63, 3.8) is 0 Å². The molecule has 0 spiro atoms. The van der Waals surface area contributed by atoms with E-state index in [0.29, 0.717) is 5.25 Å². The lowest BCUT2D eigenvalue weighted by molar-refractivity contribution is 1.29. The molecule has 66 valence electrons. The lowest BCUT2D eigenvalue weighted by atomic mass is 10.2. The molecule has 1 aliphatic carbocycles. The van der Waals surface area contributed by atoms with Gasteiger partial charge in [0.1, 0.15) is 0 Å². The highest BCUT2D eigenvalue weighted by Crippen LogP contribution is 2.29. The summed E-state index contributed by atoms with van der Waals surface area (Å²) < 4.78 is 0. The van der Waals surface area contributed by atoms with E-state index in [1.54, 1.807) is 0 Å². The van der Waals surface area contributed by atoms with Crippen molar-refractivity contribution in [2.24, 2.45) is 0 Å². The van der Waals surface area contributed by atoms with Crippen LogP contribution in [0.25, 0.3) is 0 Å². The minimum absolute atomic E-state index is 0.529. The Balaban J connectivity index is 2.13. The third-order valence-corrected chi connectivity index (χ3v) is 3.37. The summed E-state index contributed by atoms with van der Waals surface area (Å²) in [5.41, 5.74) is 1.36. The van der Waals surface area contributed by atoms with Crippen LogP contribution in [-0.2, 0) is 0 Å².